The van der Waals surface area contributed by atoms with Crippen LogP contribution < -0.4 is 5.56 Å². The highest BCUT2D eigenvalue weighted by Crippen LogP contribution is 2.19. The van der Waals surface area contributed by atoms with Crippen molar-refractivity contribution in [3.05, 3.63) is 69.4 Å². The second-order valence-electron chi connectivity index (χ2n) is 7.05. The molecule has 0 radical (unpaired) electrons. The van der Waals surface area contributed by atoms with E-state index in [-0.39, 0.29) is 10.7 Å². The van der Waals surface area contributed by atoms with Crippen LogP contribution in [0, 0.1) is 6.92 Å². The first kappa shape index (κ1) is 18.6. The second-order valence-corrected chi connectivity index (χ2v) is 8.98. The van der Waals surface area contributed by atoms with Crippen molar-refractivity contribution in [2.75, 3.05) is 12.8 Å². The smallest absolute Gasteiger partial charge is 0.256 e. The van der Waals surface area contributed by atoms with Gasteiger partial charge in [-0.25, -0.2) is 18.1 Å². The molecule has 4 rings (SSSR count). The molecule has 0 saturated heterocycles. The summed E-state index contributed by atoms with van der Waals surface area (Å²) in [5.74, 6) is 0. The Morgan fingerprint density at radius 2 is 1.96 bits per heavy atom. The maximum Gasteiger partial charge on any atom is 0.256 e. The molecule has 1 aliphatic heterocycles. The molecule has 0 saturated carbocycles. The van der Waals surface area contributed by atoms with Crippen molar-refractivity contribution in [3.63, 3.8) is 0 Å². The average molecular weight is 399 g/mol. The molecule has 0 bridgehead atoms. The van der Waals surface area contributed by atoms with Gasteiger partial charge < -0.3 is 0 Å². The van der Waals surface area contributed by atoms with Crippen LogP contribution in [0.1, 0.15) is 22.5 Å². The van der Waals surface area contributed by atoms with E-state index in [4.69, 9.17) is 0 Å². The van der Waals surface area contributed by atoms with Crippen LogP contribution in [-0.2, 0) is 29.3 Å². The first-order valence-corrected chi connectivity index (χ1v) is 10.9. The molecule has 0 amide bonds. The SMILES string of the molecule is Cc1nn(-c2ccccc2)cc1CN1CCc2nc(S(C)(=O)=O)[nH]c(=O)c2C1. The van der Waals surface area contributed by atoms with Crippen LogP contribution in [0.4, 0.5) is 0 Å². The fourth-order valence-corrected chi connectivity index (χ4v) is 3.93. The molecule has 2 aromatic heterocycles. The summed E-state index contributed by atoms with van der Waals surface area (Å²) in [4.78, 5) is 21.1. The van der Waals surface area contributed by atoms with Gasteiger partial charge in [-0.3, -0.25) is 14.7 Å². The summed E-state index contributed by atoms with van der Waals surface area (Å²) in [6.07, 6.45) is 3.59. The fraction of sp³-hybridized carbons (Fsp3) is 0.316. The van der Waals surface area contributed by atoms with Gasteiger partial charge >= 0.3 is 0 Å². The Labute approximate surface area is 162 Å². The Hall–Kier alpha value is -2.78. The highest BCUT2D eigenvalue weighted by molar-refractivity contribution is 7.90. The Kier molecular flexibility index (Phi) is 4.64. The van der Waals surface area contributed by atoms with E-state index in [1.807, 2.05) is 48.1 Å². The van der Waals surface area contributed by atoms with E-state index in [9.17, 15) is 13.2 Å². The summed E-state index contributed by atoms with van der Waals surface area (Å²) in [7, 11) is -3.54. The van der Waals surface area contributed by atoms with Gasteiger partial charge in [0.15, 0.2) is 0 Å². The molecular formula is C19H21N5O3S. The number of H-pyrrole nitrogens is 1. The number of aryl methyl sites for hydroxylation is 1. The van der Waals surface area contributed by atoms with Gasteiger partial charge in [0.2, 0.25) is 15.0 Å². The average Bonchev–Trinajstić information content (AvgIpc) is 3.02. The van der Waals surface area contributed by atoms with Crippen molar-refractivity contribution in [3.8, 4) is 5.69 Å². The first-order valence-electron chi connectivity index (χ1n) is 8.96. The van der Waals surface area contributed by atoms with Crippen LogP contribution >= 0.6 is 0 Å². The van der Waals surface area contributed by atoms with E-state index in [0.29, 0.717) is 37.3 Å². The maximum absolute atomic E-state index is 12.4. The number of fused-ring (bicyclic) bond motifs is 1. The number of hydrogen-bond donors (Lipinski definition) is 1. The summed E-state index contributed by atoms with van der Waals surface area (Å²) in [6, 6.07) is 9.90. The van der Waals surface area contributed by atoms with Gasteiger partial charge in [-0.15, -0.1) is 0 Å². The zero-order chi connectivity index (χ0) is 19.9. The number of nitrogens with zero attached hydrogens (tertiary/aromatic N) is 4. The number of hydrogen-bond acceptors (Lipinski definition) is 6. The monoisotopic (exact) mass is 399 g/mol. The van der Waals surface area contributed by atoms with E-state index in [1.54, 1.807) is 0 Å². The lowest BCUT2D eigenvalue weighted by atomic mass is 10.1. The third kappa shape index (κ3) is 3.63. The minimum Gasteiger partial charge on any atom is -0.297 e. The van der Waals surface area contributed by atoms with Crippen LogP contribution in [0.5, 0.6) is 0 Å². The number of rotatable bonds is 4. The molecule has 0 unspecified atom stereocenters. The molecule has 1 aliphatic rings. The van der Waals surface area contributed by atoms with Crippen molar-refractivity contribution in [1.82, 2.24) is 24.6 Å². The molecule has 146 valence electrons. The summed E-state index contributed by atoms with van der Waals surface area (Å²) in [5.41, 5.74) is 3.74. The van der Waals surface area contributed by atoms with E-state index in [1.165, 1.54) is 0 Å². The van der Waals surface area contributed by atoms with E-state index in [0.717, 1.165) is 23.2 Å². The van der Waals surface area contributed by atoms with Crippen molar-refractivity contribution in [1.29, 1.82) is 0 Å². The maximum atomic E-state index is 12.4. The van der Waals surface area contributed by atoms with Crippen molar-refractivity contribution >= 4 is 9.84 Å². The third-order valence-electron chi connectivity index (χ3n) is 4.89. The van der Waals surface area contributed by atoms with E-state index >= 15 is 0 Å². The topological polar surface area (TPSA) is 101 Å². The number of aromatic nitrogens is 4. The molecule has 8 nitrogen and oxygen atoms in total. The number of aromatic amines is 1. The Bertz CT molecular complexity index is 1180. The van der Waals surface area contributed by atoms with Gasteiger partial charge in [-0.05, 0) is 19.1 Å². The number of nitrogens with one attached hydrogen (secondary N) is 1. The van der Waals surface area contributed by atoms with Gasteiger partial charge in [0.05, 0.1) is 22.6 Å². The summed E-state index contributed by atoms with van der Waals surface area (Å²) < 4.78 is 25.2. The molecule has 0 atom stereocenters. The van der Waals surface area contributed by atoms with Gasteiger partial charge in [-0.1, -0.05) is 18.2 Å². The molecular weight excluding hydrogens is 378 g/mol. The largest absolute Gasteiger partial charge is 0.297 e. The zero-order valence-corrected chi connectivity index (χ0v) is 16.5. The third-order valence-corrected chi connectivity index (χ3v) is 5.79. The molecule has 28 heavy (non-hydrogen) atoms. The minimum absolute atomic E-state index is 0.260. The van der Waals surface area contributed by atoms with Gasteiger partial charge in [0.25, 0.3) is 5.56 Å². The highest BCUT2D eigenvalue weighted by Gasteiger charge is 2.24. The van der Waals surface area contributed by atoms with Gasteiger partial charge in [-0.2, -0.15) is 5.10 Å². The number of sulfone groups is 1. The molecule has 1 N–H and O–H groups in total. The van der Waals surface area contributed by atoms with Crippen LogP contribution in [-0.4, -0.2) is 45.9 Å². The summed E-state index contributed by atoms with van der Waals surface area (Å²) >= 11 is 0. The second kappa shape index (κ2) is 6.99. The first-order chi connectivity index (χ1) is 13.3. The van der Waals surface area contributed by atoms with Gasteiger partial charge in [0, 0.05) is 44.1 Å². The highest BCUT2D eigenvalue weighted by atomic mass is 32.2. The Morgan fingerprint density at radius 3 is 2.68 bits per heavy atom. The number of para-hydroxylation sites is 1. The van der Waals surface area contributed by atoms with Crippen LogP contribution in [0.15, 0.2) is 46.5 Å². The van der Waals surface area contributed by atoms with E-state index in [2.05, 4.69) is 20.0 Å². The lowest BCUT2D eigenvalue weighted by Gasteiger charge is -2.27. The molecule has 1 aromatic carbocycles. The molecule has 3 heterocycles. The molecule has 0 spiro atoms. The van der Waals surface area contributed by atoms with Crippen molar-refractivity contribution in [2.24, 2.45) is 0 Å². The van der Waals surface area contributed by atoms with E-state index < -0.39 is 9.84 Å². The standard InChI is InChI=1S/C19H21N5O3S/c1-13-14(11-24(22-13)15-6-4-3-5-7-15)10-23-9-8-17-16(12-23)18(25)21-19(20-17)28(2,26)27/h3-7,11H,8-10,12H2,1-2H3,(H,20,21,25). The lowest BCUT2D eigenvalue weighted by molar-refractivity contribution is 0.240. The van der Waals surface area contributed by atoms with Crippen LogP contribution in [0.25, 0.3) is 5.69 Å². The van der Waals surface area contributed by atoms with Crippen LogP contribution in [0.2, 0.25) is 0 Å². The predicted octanol–water partition coefficient (Wildman–Crippen LogP) is 1.23. The number of benzene rings is 1. The Balaban J connectivity index is 1.56. The Morgan fingerprint density at radius 1 is 1.21 bits per heavy atom. The van der Waals surface area contributed by atoms with Gasteiger partial charge in [0.1, 0.15) is 0 Å². The summed E-state index contributed by atoms with van der Waals surface area (Å²) in [5, 5.41) is 4.33. The fourth-order valence-electron chi connectivity index (χ4n) is 3.37. The normalized spacial score (nSPS) is 14.8. The predicted molar refractivity (Wildman–Crippen MR) is 104 cm³/mol. The minimum atomic E-state index is -3.54. The van der Waals surface area contributed by atoms with Crippen molar-refractivity contribution < 1.29 is 8.42 Å². The lowest BCUT2D eigenvalue weighted by Crippen LogP contribution is -2.36. The molecule has 0 aliphatic carbocycles. The quantitative estimate of drug-likeness (QED) is 0.662. The molecule has 9 heteroatoms. The molecule has 3 aromatic rings. The zero-order valence-electron chi connectivity index (χ0n) is 15.7. The molecule has 0 fully saturated rings. The summed E-state index contributed by atoms with van der Waals surface area (Å²) in [6.45, 7) is 3.76. The van der Waals surface area contributed by atoms with Crippen LogP contribution in [0.3, 0.4) is 0 Å². The van der Waals surface area contributed by atoms with Crippen molar-refractivity contribution in [2.45, 2.75) is 31.6 Å².